The summed E-state index contributed by atoms with van der Waals surface area (Å²) in [7, 11) is 1.24. The van der Waals surface area contributed by atoms with E-state index in [1.54, 1.807) is 0 Å². The molecule has 8 heteroatoms. The van der Waals surface area contributed by atoms with Gasteiger partial charge in [0.1, 0.15) is 11.9 Å². The van der Waals surface area contributed by atoms with Crippen molar-refractivity contribution in [1.29, 1.82) is 5.26 Å². The number of anilines is 1. The number of nitrogens with one attached hydrogen (secondary N) is 1. The van der Waals surface area contributed by atoms with Gasteiger partial charge in [0.05, 0.1) is 29.2 Å². The Hall–Kier alpha value is -3.47. The summed E-state index contributed by atoms with van der Waals surface area (Å²) in [6.45, 7) is 0.0742. The van der Waals surface area contributed by atoms with E-state index in [0.29, 0.717) is 11.3 Å². The van der Waals surface area contributed by atoms with Crippen LogP contribution in [-0.2, 0) is 9.53 Å². The lowest BCUT2D eigenvalue weighted by molar-refractivity contribution is -0.384. The first kappa shape index (κ1) is 17.9. The number of halogens is 1. The molecule has 0 bridgehead atoms. The summed E-state index contributed by atoms with van der Waals surface area (Å²) in [5, 5.41) is 22.8. The molecule has 0 fully saturated rings. The summed E-state index contributed by atoms with van der Waals surface area (Å²) in [6, 6.07) is 11.1. The quantitative estimate of drug-likeness (QED) is 0.491. The van der Waals surface area contributed by atoms with E-state index in [2.05, 4.69) is 5.32 Å². The largest absolute Gasteiger partial charge is 0.468 e. The maximum atomic E-state index is 13.1. The number of hydrogen-bond donors (Lipinski definition) is 1. The van der Waals surface area contributed by atoms with Crippen LogP contribution in [0.5, 0.6) is 0 Å². The van der Waals surface area contributed by atoms with Crippen LogP contribution in [0.15, 0.2) is 42.5 Å². The highest BCUT2D eigenvalue weighted by molar-refractivity contribution is 5.79. The first-order valence-electron chi connectivity index (χ1n) is 7.22. The fraction of sp³-hybridized carbons (Fsp3) is 0.176. The van der Waals surface area contributed by atoms with E-state index < -0.39 is 22.6 Å². The van der Waals surface area contributed by atoms with E-state index in [4.69, 9.17) is 10.00 Å². The number of benzene rings is 2. The second kappa shape index (κ2) is 7.88. The van der Waals surface area contributed by atoms with Crippen molar-refractivity contribution in [2.24, 2.45) is 0 Å². The van der Waals surface area contributed by atoms with Crippen LogP contribution in [0, 0.1) is 27.3 Å². The van der Waals surface area contributed by atoms with Crippen molar-refractivity contribution >= 4 is 17.3 Å². The molecule has 0 saturated heterocycles. The van der Waals surface area contributed by atoms with Gasteiger partial charge in [-0.1, -0.05) is 12.1 Å². The predicted octanol–water partition coefficient (Wildman–Crippen LogP) is 2.97. The van der Waals surface area contributed by atoms with Gasteiger partial charge in [-0.05, 0) is 23.8 Å². The molecule has 128 valence electrons. The molecule has 0 aliphatic carbocycles. The van der Waals surface area contributed by atoms with Crippen molar-refractivity contribution < 1.29 is 18.8 Å². The van der Waals surface area contributed by atoms with E-state index in [9.17, 15) is 19.3 Å². The second-order valence-corrected chi connectivity index (χ2v) is 5.11. The molecule has 0 spiro atoms. The van der Waals surface area contributed by atoms with Gasteiger partial charge in [-0.3, -0.25) is 14.9 Å². The normalized spacial score (nSPS) is 11.2. The number of rotatable bonds is 6. The third kappa shape index (κ3) is 4.29. The van der Waals surface area contributed by atoms with E-state index in [1.807, 2.05) is 6.07 Å². The van der Waals surface area contributed by atoms with E-state index in [-0.39, 0.29) is 17.8 Å². The van der Waals surface area contributed by atoms with Crippen LogP contribution in [0.25, 0.3) is 0 Å². The third-order valence-electron chi connectivity index (χ3n) is 3.59. The van der Waals surface area contributed by atoms with Crippen LogP contribution in [0.1, 0.15) is 17.0 Å². The van der Waals surface area contributed by atoms with Crippen molar-refractivity contribution in [2.75, 3.05) is 19.0 Å². The Morgan fingerprint density at radius 1 is 1.36 bits per heavy atom. The summed E-state index contributed by atoms with van der Waals surface area (Å²) >= 11 is 0. The van der Waals surface area contributed by atoms with Gasteiger partial charge in [0.25, 0.3) is 5.69 Å². The van der Waals surface area contributed by atoms with Crippen molar-refractivity contribution in [3.8, 4) is 6.07 Å². The Morgan fingerprint density at radius 3 is 2.60 bits per heavy atom. The number of nitro benzene ring substituents is 1. The fourth-order valence-electron chi connectivity index (χ4n) is 2.28. The van der Waals surface area contributed by atoms with Gasteiger partial charge in [0.15, 0.2) is 0 Å². The first-order chi connectivity index (χ1) is 12.0. The minimum absolute atomic E-state index is 0.0742. The Bertz CT molecular complexity index is 831. The van der Waals surface area contributed by atoms with Crippen LogP contribution >= 0.6 is 0 Å². The fourth-order valence-corrected chi connectivity index (χ4v) is 2.28. The minimum atomic E-state index is -0.729. The highest BCUT2D eigenvalue weighted by Gasteiger charge is 2.22. The molecular weight excluding hydrogens is 329 g/mol. The van der Waals surface area contributed by atoms with Crippen LogP contribution < -0.4 is 5.32 Å². The lowest BCUT2D eigenvalue weighted by atomic mass is 9.99. The average molecular weight is 343 g/mol. The van der Waals surface area contributed by atoms with Crippen molar-refractivity contribution in [3.63, 3.8) is 0 Å². The minimum Gasteiger partial charge on any atom is -0.468 e. The number of nitriles is 1. The number of non-ortho nitro benzene ring substituents is 1. The van der Waals surface area contributed by atoms with Crippen LogP contribution in [0.2, 0.25) is 0 Å². The van der Waals surface area contributed by atoms with E-state index in [1.165, 1.54) is 43.5 Å². The zero-order valence-electron chi connectivity index (χ0n) is 13.2. The van der Waals surface area contributed by atoms with Crippen molar-refractivity contribution in [1.82, 2.24) is 0 Å². The number of esters is 1. The van der Waals surface area contributed by atoms with Crippen LogP contribution in [-0.4, -0.2) is 24.5 Å². The van der Waals surface area contributed by atoms with Crippen LogP contribution in [0.3, 0.4) is 0 Å². The molecule has 2 aromatic carbocycles. The molecule has 2 rings (SSSR count). The predicted molar refractivity (Wildman–Crippen MR) is 87.5 cm³/mol. The molecule has 0 saturated carbocycles. The molecule has 1 N–H and O–H groups in total. The van der Waals surface area contributed by atoms with Crippen LogP contribution in [0.4, 0.5) is 15.8 Å². The highest BCUT2D eigenvalue weighted by atomic mass is 19.1. The molecule has 0 aliphatic heterocycles. The molecular formula is C17H14FN3O4. The molecule has 25 heavy (non-hydrogen) atoms. The number of carbonyl (C=O) groups excluding carboxylic acids is 1. The summed E-state index contributed by atoms with van der Waals surface area (Å²) in [5.74, 6) is -1.69. The number of ether oxygens (including phenoxy) is 1. The van der Waals surface area contributed by atoms with Gasteiger partial charge in [-0.2, -0.15) is 5.26 Å². The Morgan fingerprint density at radius 2 is 2.04 bits per heavy atom. The molecule has 0 aromatic heterocycles. The first-order valence-corrected chi connectivity index (χ1v) is 7.22. The number of nitro groups is 1. The maximum absolute atomic E-state index is 13.1. The molecule has 7 nitrogen and oxygen atoms in total. The third-order valence-corrected chi connectivity index (χ3v) is 3.59. The van der Waals surface area contributed by atoms with Gasteiger partial charge in [-0.15, -0.1) is 0 Å². The summed E-state index contributed by atoms with van der Waals surface area (Å²) < 4.78 is 17.8. The lowest BCUT2D eigenvalue weighted by Crippen LogP contribution is -2.23. The summed E-state index contributed by atoms with van der Waals surface area (Å²) in [6.07, 6.45) is 0. The highest BCUT2D eigenvalue weighted by Crippen LogP contribution is 2.24. The van der Waals surface area contributed by atoms with E-state index >= 15 is 0 Å². The molecule has 0 aliphatic rings. The van der Waals surface area contributed by atoms with Crippen molar-refractivity contribution in [3.05, 3.63) is 69.5 Å². The monoisotopic (exact) mass is 343 g/mol. The molecule has 0 heterocycles. The summed E-state index contributed by atoms with van der Waals surface area (Å²) in [4.78, 5) is 22.2. The molecule has 2 aromatic rings. The summed E-state index contributed by atoms with van der Waals surface area (Å²) in [5.41, 5.74) is 0.771. The standard InChI is InChI=1S/C17H14FN3O4/c1-25-17(22)15(11-2-4-13(18)5-3-11)10-20-16-7-6-14(21(23)24)8-12(16)9-19/h2-8,15,20H,10H2,1H3. The number of nitrogens with zero attached hydrogens (tertiary/aromatic N) is 2. The SMILES string of the molecule is COC(=O)C(CNc1ccc([N+](=O)[O-])cc1C#N)c1ccc(F)cc1. The molecule has 0 amide bonds. The molecule has 1 unspecified atom stereocenters. The molecule has 1 atom stereocenters. The lowest BCUT2D eigenvalue weighted by Gasteiger charge is -2.17. The number of hydrogen-bond acceptors (Lipinski definition) is 6. The Balaban J connectivity index is 2.24. The van der Waals surface area contributed by atoms with Gasteiger partial charge in [-0.25, -0.2) is 4.39 Å². The van der Waals surface area contributed by atoms with Gasteiger partial charge >= 0.3 is 5.97 Å². The van der Waals surface area contributed by atoms with Crippen molar-refractivity contribution in [2.45, 2.75) is 5.92 Å². The van der Waals surface area contributed by atoms with Gasteiger partial charge < -0.3 is 10.1 Å². The zero-order valence-corrected chi connectivity index (χ0v) is 13.2. The second-order valence-electron chi connectivity index (χ2n) is 5.11. The smallest absolute Gasteiger partial charge is 0.314 e. The molecule has 0 radical (unpaired) electrons. The average Bonchev–Trinajstić information content (AvgIpc) is 2.62. The maximum Gasteiger partial charge on any atom is 0.314 e. The van der Waals surface area contributed by atoms with Gasteiger partial charge in [0, 0.05) is 18.7 Å². The van der Waals surface area contributed by atoms with E-state index in [0.717, 1.165) is 6.07 Å². The van der Waals surface area contributed by atoms with Gasteiger partial charge in [0.2, 0.25) is 0 Å². The topological polar surface area (TPSA) is 105 Å². The number of carbonyl (C=O) groups is 1. The Kier molecular flexibility index (Phi) is 5.63. The number of methoxy groups -OCH3 is 1. The Labute approximate surface area is 142 Å². The zero-order chi connectivity index (χ0) is 18.4.